The van der Waals surface area contributed by atoms with E-state index >= 15 is 0 Å². The molecule has 0 N–H and O–H groups in total. The summed E-state index contributed by atoms with van der Waals surface area (Å²) < 4.78 is 15.9. The van der Waals surface area contributed by atoms with E-state index in [2.05, 4.69) is 22.0 Å². The van der Waals surface area contributed by atoms with Gasteiger partial charge in [-0.3, -0.25) is 4.79 Å². The van der Waals surface area contributed by atoms with Crippen molar-refractivity contribution < 1.29 is 18.8 Å². The Kier molecular flexibility index (Phi) is 5.16. The molecule has 1 aliphatic heterocycles. The molecular formula is C21H22N4O4. The zero-order chi connectivity index (χ0) is 20.4. The van der Waals surface area contributed by atoms with Crippen molar-refractivity contribution in [2.24, 2.45) is 0 Å². The minimum atomic E-state index is -0.136. The lowest BCUT2D eigenvalue weighted by Crippen LogP contribution is -2.24. The number of carbonyl (C=O) groups excluding carboxylic acids is 1. The zero-order valence-corrected chi connectivity index (χ0v) is 16.6. The lowest BCUT2D eigenvalue weighted by Gasteiger charge is -2.16. The number of methoxy groups -OCH3 is 2. The third kappa shape index (κ3) is 3.65. The number of amides is 1. The number of aryl methyl sites for hydroxylation is 1. The number of anilines is 1. The van der Waals surface area contributed by atoms with Gasteiger partial charge in [-0.25, -0.2) is 0 Å². The van der Waals surface area contributed by atoms with E-state index in [-0.39, 0.29) is 11.8 Å². The van der Waals surface area contributed by atoms with Crippen LogP contribution in [0.3, 0.4) is 0 Å². The Balaban J connectivity index is 1.55. The van der Waals surface area contributed by atoms with Gasteiger partial charge in [0.05, 0.1) is 14.2 Å². The fourth-order valence-corrected chi connectivity index (χ4v) is 3.41. The van der Waals surface area contributed by atoms with E-state index in [1.807, 2.05) is 24.3 Å². The normalized spacial score (nSPS) is 16.3. The maximum atomic E-state index is 12.6. The van der Waals surface area contributed by atoms with Crippen LogP contribution in [-0.4, -0.2) is 41.8 Å². The van der Waals surface area contributed by atoms with Crippen LogP contribution in [0.25, 0.3) is 11.5 Å². The number of nitrogens with zero attached hydrogens (tertiary/aromatic N) is 4. The summed E-state index contributed by atoms with van der Waals surface area (Å²) in [6.45, 7) is 2.62. The van der Waals surface area contributed by atoms with E-state index in [9.17, 15) is 4.79 Å². The first kappa shape index (κ1) is 18.9. The molecule has 8 nitrogen and oxygen atoms in total. The van der Waals surface area contributed by atoms with Crippen molar-refractivity contribution in [1.82, 2.24) is 15.1 Å². The largest absolute Gasteiger partial charge is 0.481 e. The van der Waals surface area contributed by atoms with Crippen molar-refractivity contribution in [3.63, 3.8) is 0 Å². The highest BCUT2D eigenvalue weighted by molar-refractivity contribution is 5.96. The van der Waals surface area contributed by atoms with Crippen molar-refractivity contribution in [2.75, 3.05) is 25.7 Å². The van der Waals surface area contributed by atoms with Crippen LogP contribution in [0.15, 0.2) is 40.9 Å². The van der Waals surface area contributed by atoms with E-state index in [0.717, 1.165) is 12.1 Å². The molecule has 1 amide bonds. The predicted octanol–water partition coefficient (Wildman–Crippen LogP) is 3.23. The quantitative estimate of drug-likeness (QED) is 0.634. The Morgan fingerprint density at radius 1 is 1.10 bits per heavy atom. The highest BCUT2D eigenvalue weighted by atomic mass is 16.5. The molecule has 0 aliphatic carbocycles. The van der Waals surface area contributed by atoms with E-state index in [1.165, 1.54) is 19.8 Å². The molecule has 1 atom stereocenters. The second-order valence-corrected chi connectivity index (χ2v) is 6.79. The number of benzene rings is 1. The minimum Gasteiger partial charge on any atom is -0.481 e. The minimum absolute atomic E-state index is 0.0503. The number of hydrogen-bond acceptors (Lipinski definition) is 7. The Bertz CT molecular complexity index is 1020. The van der Waals surface area contributed by atoms with Gasteiger partial charge in [-0.2, -0.15) is 9.97 Å². The number of rotatable bonds is 6. The summed E-state index contributed by atoms with van der Waals surface area (Å²) in [5.41, 5.74) is 2.70. The summed E-state index contributed by atoms with van der Waals surface area (Å²) in [6, 6.07) is 11.5. The van der Waals surface area contributed by atoms with Crippen LogP contribution < -0.4 is 14.4 Å². The van der Waals surface area contributed by atoms with E-state index < -0.39 is 0 Å². The number of aromatic nitrogens is 3. The monoisotopic (exact) mass is 394 g/mol. The van der Waals surface area contributed by atoms with Crippen LogP contribution in [0.2, 0.25) is 0 Å². The summed E-state index contributed by atoms with van der Waals surface area (Å²) in [5, 5.41) is 4.10. The Hall–Kier alpha value is -3.42. The standard InChI is InChI=1S/C21H22N4O4/c1-4-13-5-7-15(8-6-13)25-12-14(11-18(25)26)19-23-21(29-24-19)16-9-10-17(27-2)22-20(16)28-3/h5-10,14H,4,11-12H2,1-3H3/t14-/m1/s1. The van der Waals surface area contributed by atoms with Crippen molar-refractivity contribution >= 4 is 11.6 Å². The van der Waals surface area contributed by atoms with Gasteiger partial charge < -0.3 is 18.9 Å². The molecule has 3 aromatic rings. The fraction of sp³-hybridized carbons (Fsp3) is 0.333. The smallest absolute Gasteiger partial charge is 0.263 e. The molecule has 150 valence electrons. The molecular weight excluding hydrogens is 372 g/mol. The van der Waals surface area contributed by atoms with Crippen molar-refractivity contribution in [3.05, 3.63) is 47.8 Å². The maximum absolute atomic E-state index is 12.6. The zero-order valence-electron chi connectivity index (χ0n) is 16.6. The summed E-state index contributed by atoms with van der Waals surface area (Å²) in [4.78, 5) is 23.1. The predicted molar refractivity (Wildman–Crippen MR) is 106 cm³/mol. The first-order chi connectivity index (χ1) is 14.1. The third-order valence-corrected chi connectivity index (χ3v) is 5.06. The molecule has 0 radical (unpaired) electrons. The van der Waals surface area contributed by atoms with Gasteiger partial charge in [0.1, 0.15) is 5.56 Å². The molecule has 0 saturated carbocycles. The number of hydrogen-bond donors (Lipinski definition) is 0. The van der Waals surface area contributed by atoms with Crippen LogP contribution in [-0.2, 0) is 11.2 Å². The lowest BCUT2D eigenvalue weighted by atomic mass is 10.1. The van der Waals surface area contributed by atoms with Gasteiger partial charge in [-0.05, 0) is 30.2 Å². The van der Waals surface area contributed by atoms with Gasteiger partial charge in [0.25, 0.3) is 5.89 Å². The van der Waals surface area contributed by atoms with E-state index in [4.69, 9.17) is 14.0 Å². The van der Waals surface area contributed by atoms with Crippen LogP contribution in [0, 0.1) is 0 Å². The molecule has 1 saturated heterocycles. The second kappa shape index (κ2) is 7.90. The lowest BCUT2D eigenvalue weighted by molar-refractivity contribution is -0.117. The second-order valence-electron chi connectivity index (χ2n) is 6.79. The summed E-state index contributed by atoms with van der Waals surface area (Å²) in [6.07, 6.45) is 1.30. The molecule has 1 fully saturated rings. The number of pyridine rings is 1. The SMILES string of the molecule is CCc1ccc(N2C[C@H](c3noc(-c4ccc(OC)nc4OC)n3)CC2=O)cc1. The van der Waals surface area contributed by atoms with Gasteiger partial charge in [0.2, 0.25) is 17.7 Å². The average molecular weight is 394 g/mol. The molecule has 8 heteroatoms. The van der Waals surface area contributed by atoms with Crippen molar-refractivity contribution in [2.45, 2.75) is 25.7 Å². The summed E-state index contributed by atoms with van der Waals surface area (Å²) >= 11 is 0. The first-order valence-electron chi connectivity index (χ1n) is 9.45. The molecule has 1 aliphatic rings. The fourth-order valence-electron chi connectivity index (χ4n) is 3.41. The molecule has 0 unspecified atom stereocenters. The highest BCUT2D eigenvalue weighted by Crippen LogP contribution is 2.33. The first-order valence-corrected chi connectivity index (χ1v) is 9.45. The molecule has 29 heavy (non-hydrogen) atoms. The molecule has 2 aromatic heterocycles. The Labute approximate surface area is 168 Å². The van der Waals surface area contributed by atoms with Crippen LogP contribution in [0.5, 0.6) is 11.8 Å². The van der Waals surface area contributed by atoms with Crippen LogP contribution in [0.4, 0.5) is 5.69 Å². The van der Waals surface area contributed by atoms with Gasteiger partial charge in [-0.15, -0.1) is 0 Å². The molecule has 4 rings (SSSR count). The summed E-state index contributed by atoms with van der Waals surface area (Å²) in [7, 11) is 3.05. The average Bonchev–Trinajstić information content (AvgIpc) is 3.40. The number of carbonyl (C=O) groups is 1. The highest BCUT2D eigenvalue weighted by Gasteiger charge is 2.35. The van der Waals surface area contributed by atoms with E-state index in [1.54, 1.807) is 17.0 Å². The summed E-state index contributed by atoms with van der Waals surface area (Å²) in [5.74, 6) is 1.47. The van der Waals surface area contributed by atoms with Gasteiger partial charge in [-0.1, -0.05) is 24.2 Å². The Morgan fingerprint density at radius 3 is 2.59 bits per heavy atom. The molecule has 3 heterocycles. The Morgan fingerprint density at radius 2 is 1.90 bits per heavy atom. The van der Waals surface area contributed by atoms with E-state index in [0.29, 0.717) is 42.0 Å². The molecule has 0 bridgehead atoms. The van der Waals surface area contributed by atoms with Crippen LogP contribution >= 0.6 is 0 Å². The molecule has 1 aromatic carbocycles. The van der Waals surface area contributed by atoms with Gasteiger partial charge in [0, 0.05) is 30.6 Å². The topological polar surface area (TPSA) is 90.6 Å². The molecule has 0 spiro atoms. The third-order valence-electron chi connectivity index (χ3n) is 5.06. The van der Waals surface area contributed by atoms with Crippen LogP contribution in [0.1, 0.15) is 30.7 Å². The van der Waals surface area contributed by atoms with Gasteiger partial charge in [0.15, 0.2) is 5.82 Å². The van der Waals surface area contributed by atoms with Crippen molar-refractivity contribution in [1.29, 1.82) is 0 Å². The number of ether oxygens (including phenoxy) is 2. The van der Waals surface area contributed by atoms with Crippen molar-refractivity contribution in [3.8, 4) is 23.2 Å². The maximum Gasteiger partial charge on any atom is 0.263 e. The van der Waals surface area contributed by atoms with Gasteiger partial charge >= 0.3 is 0 Å².